The first-order chi connectivity index (χ1) is 10.2. The number of carbonyl (C=O) groups is 3. The van der Waals surface area contributed by atoms with Crippen LogP contribution in [0.2, 0.25) is 0 Å². The van der Waals surface area contributed by atoms with Crippen molar-refractivity contribution in [2.24, 2.45) is 5.84 Å². The molecule has 8 nitrogen and oxygen atoms in total. The fourth-order valence-electron chi connectivity index (χ4n) is 2.27. The summed E-state index contributed by atoms with van der Waals surface area (Å²) in [6.07, 6.45) is 3.74. The lowest BCUT2D eigenvalue weighted by molar-refractivity contribution is -0.152. The molecule has 1 radical (unpaired) electrons. The molecule has 1 rings (SSSR count). The monoisotopic (exact) mass is 312 g/mol. The number of ether oxygens (including phenoxy) is 1. The molecule has 1 aliphatic carbocycles. The molecular weight excluding hydrogens is 290 g/mol. The third-order valence-corrected chi connectivity index (χ3v) is 3.25. The van der Waals surface area contributed by atoms with Gasteiger partial charge in [0, 0.05) is 6.04 Å². The zero-order valence-electron chi connectivity index (χ0n) is 13.1. The molecule has 1 saturated carbocycles. The van der Waals surface area contributed by atoms with Crippen LogP contribution in [0.1, 0.15) is 46.5 Å². The van der Waals surface area contributed by atoms with Gasteiger partial charge in [-0.3, -0.25) is 14.4 Å². The Morgan fingerprint density at radius 3 is 2.18 bits per heavy atom. The van der Waals surface area contributed by atoms with E-state index in [1.165, 1.54) is 0 Å². The summed E-state index contributed by atoms with van der Waals surface area (Å²) in [5, 5.41) is 0.139. The molecule has 0 heterocycles. The van der Waals surface area contributed by atoms with Crippen LogP contribution >= 0.6 is 0 Å². The van der Waals surface area contributed by atoms with Crippen LogP contribution in [0, 0.1) is 0 Å². The lowest BCUT2D eigenvalue weighted by Gasteiger charge is -2.28. The predicted octanol–water partition coefficient (Wildman–Crippen LogP) is 0.505. The Hall–Kier alpha value is -1.96. The van der Waals surface area contributed by atoms with Gasteiger partial charge in [-0.15, -0.1) is 0 Å². The third-order valence-electron chi connectivity index (χ3n) is 3.25. The van der Waals surface area contributed by atoms with Crippen molar-refractivity contribution in [1.82, 2.24) is 9.91 Å². The quantitative estimate of drug-likeness (QED) is 0.352. The maximum Gasteiger partial charge on any atom is 0.432 e. The molecule has 0 aromatic heterocycles. The maximum absolute atomic E-state index is 12.2. The van der Waals surface area contributed by atoms with Crippen LogP contribution < -0.4 is 5.84 Å². The Morgan fingerprint density at radius 1 is 1.18 bits per heavy atom. The fraction of sp³-hybridized carbons (Fsp3) is 0.714. The standard InChI is InChI=1S/C14H22N3O5/c1-14(2,3)22-13(21)17(15)12(20)11(19)16(8-9-18)10-6-4-5-7-10/h10H,4-8,15H2,1-3H3. The molecule has 0 spiro atoms. The maximum atomic E-state index is 12.2. The summed E-state index contributed by atoms with van der Waals surface area (Å²) in [7, 11) is 0. The van der Waals surface area contributed by atoms with E-state index in [2.05, 4.69) is 0 Å². The average molecular weight is 312 g/mol. The summed E-state index contributed by atoms with van der Waals surface area (Å²) >= 11 is 0. The van der Waals surface area contributed by atoms with Gasteiger partial charge in [-0.05, 0) is 33.6 Å². The van der Waals surface area contributed by atoms with Gasteiger partial charge in [0.15, 0.2) is 0 Å². The fourth-order valence-corrected chi connectivity index (χ4v) is 2.27. The highest BCUT2D eigenvalue weighted by Gasteiger charge is 2.35. The summed E-state index contributed by atoms with van der Waals surface area (Å²) in [4.78, 5) is 47.7. The first kappa shape index (κ1) is 18.1. The molecule has 0 aromatic rings. The lowest BCUT2D eigenvalue weighted by Crippen LogP contribution is -2.54. The number of hydrogen-bond acceptors (Lipinski definition) is 6. The molecule has 0 bridgehead atoms. The second-order valence-electron chi connectivity index (χ2n) is 6.17. The molecule has 0 saturated heterocycles. The molecule has 22 heavy (non-hydrogen) atoms. The summed E-state index contributed by atoms with van der Waals surface area (Å²) in [6.45, 7) is 4.50. The Morgan fingerprint density at radius 2 is 1.73 bits per heavy atom. The van der Waals surface area contributed by atoms with E-state index in [-0.39, 0.29) is 17.6 Å². The first-order valence-corrected chi connectivity index (χ1v) is 7.15. The predicted molar refractivity (Wildman–Crippen MR) is 76.9 cm³/mol. The van der Waals surface area contributed by atoms with Crippen molar-refractivity contribution in [3.8, 4) is 0 Å². The van der Waals surface area contributed by atoms with Crippen LogP contribution in [0.25, 0.3) is 0 Å². The molecule has 0 aliphatic heterocycles. The van der Waals surface area contributed by atoms with Gasteiger partial charge in [0.05, 0.1) is 6.54 Å². The van der Waals surface area contributed by atoms with Crippen molar-refractivity contribution in [3.05, 3.63) is 0 Å². The Bertz CT molecular complexity index is 452. The lowest BCUT2D eigenvalue weighted by atomic mass is 10.2. The third kappa shape index (κ3) is 4.80. The number of hydrogen-bond donors (Lipinski definition) is 1. The highest BCUT2D eigenvalue weighted by Crippen LogP contribution is 2.23. The number of rotatable bonds is 3. The van der Waals surface area contributed by atoms with E-state index in [9.17, 15) is 19.2 Å². The molecule has 123 valence electrons. The minimum absolute atomic E-state index is 0.139. The van der Waals surface area contributed by atoms with Gasteiger partial charge in [0.25, 0.3) is 0 Å². The van der Waals surface area contributed by atoms with Crippen LogP contribution in [0.5, 0.6) is 0 Å². The normalized spacial score (nSPS) is 15.3. The molecule has 0 unspecified atom stereocenters. The van der Waals surface area contributed by atoms with E-state index in [1.807, 2.05) is 0 Å². The SMILES string of the molecule is CC(C)(C)OC(=O)N(N)C(=O)C(=O)N(C[C]=O)C1CCCC1. The zero-order valence-corrected chi connectivity index (χ0v) is 13.1. The van der Waals surface area contributed by atoms with Crippen LogP contribution in [0.3, 0.4) is 0 Å². The molecule has 3 amide bonds. The number of nitrogens with two attached hydrogens (primary N) is 1. The number of amides is 3. The second kappa shape index (κ2) is 7.35. The summed E-state index contributed by atoms with van der Waals surface area (Å²) < 4.78 is 4.93. The van der Waals surface area contributed by atoms with Gasteiger partial charge in [0.1, 0.15) is 5.60 Å². The highest BCUT2D eigenvalue weighted by atomic mass is 16.6. The van der Waals surface area contributed by atoms with Crippen molar-refractivity contribution in [2.75, 3.05) is 6.54 Å². The Kier molecular flexibility index (Phi) is 6.04. The number of imide groups is 1. The van der Waals surface area contributed by atoms with E-state index in [0.29, 0.717) is 12.8 Å². The zero-order chi connectivity index (χ0) is 16.9. The number of carbonyl (C=O) groups excluding carboxylic acids is 4. The van der Waals surface area contributed by atoms with Gasteiger partial charge < -0.3 is 9.64 Å². The van der Waals surface area contributed by atoms with Gasteiger partial charge in [-0.25, -0.2) is 10.6 Å². The molecule has 1 fully saturated rings. The van der Waals surface area contributed by atoms with Crippen LogP contribution in [0.15, 0.2) is 0 Å². The van der Waals surface area contributed by atoms with Gasteiger partial charge in [0.2, 0.25) is 6.29 Å². The van der Waals surface area contributed by atoms with E-state index in [1.54, 1.807) is 27.1 Å². The number of nitrogens with zero attached hydrogens (tertiary/aromatic N) is 2. The summed E-state index contributed by atoms with van der Waals surface area (Å²) in [5.41, 5.74) is -0.847. The summed E-state index contributed by atoms with van der Waals surface area (Å²) in [6, 6.07) is -0.204. The van der Waals surface area contributed by atoms with Crippen molar-refractivity contribution in [2.45, 2.75) is 58.1 Å². The molecule has 1 aliphatic rings. The molecule has 0 atom stereocenters. The van der Waals surface area contributed by atoms with Gasteiger partial charge >= 0.3 is 17.9 Å². The average Bonchev–Trinajstić information content (AvgIpc) is 2.94. The summed E-state index contributed by atoms with van der Waals surface area (Å²) in [5.74, 6) is 3.14. The minimum atomic E-state index is -1.23. The van der Waals surface area contributed by atoms with Crippen LogP contribution in [0.4, 0.5) is 4.79 Å². The van der Waals surface area contributed by atoms with E-state index in [0.717, 1.165) is 17.7 Å². The van der Waals surface area contributed by atoms with Crippen LogP contribution in [-0.4, -0.2) is 52.3 Å². The molecule has 2 N–H and O–H groups in total. The van der Waals surface area contributed by atoms with Crippen molar-refractivity contribution in [3.63, 3.8) is 0 Å². The largest absolute Gasteiger partial charge is 0.442 e. The Balaban J connectivity index is 2.77. The van der Waals surface area contributed by atoms with E-state index in [4.69, 9.17) is 10.6 Å². The van der Waals surface area contributed by atoms with Gasteiger partial charge in [-0.1, -0.05) is 12.8 Å². The van der Waals surface area contributed by atoms with Crippen molar-refractivity contribution < 1.29 is 23.9 Å². The van der Waals surface area contributed by atoms with E-state index >= 15 is 0 Å². The van der Waals surface area contributed by atoms with Crippen molar-refractivity contribution >= 4 is 24.2 Å². The smallest absolute Gasteiger partial charge is 0.432 e. The van der Waals surface area contributed by atoms with Crippen LogP contribution in [-0.2, 0) is 19.1 Å². The first-order valence-electron chi connectivity index (χ1n) is 7.15. The molecule has 0 aromatic carbocycles. The number of hydrazine groups is 1. The second-order valence-corrected chi connectivity index (χ2v) is 6.17. The Labute approximate surface area is 129 Å². The molecule has 8 heteroatoms. The topological polar surface area (TPSA) is 110 Å². The van der Waals surface area contributed by atoms with Crippen molar-refractivity contribution in [1.29, 1.82) is 0 Å². The minimum Gasteiger partial charge on any atom is -0.442 e. The van der Waals surface area contributed by atoms with E-state index < -0.39 is 23.5 Å². The van der Waals surface area contributed by atoms with Gasteiger partial charge in [-0.2, -0.15) is 5.01 Å². The highest BCUT2D eigenvalue weighted by molar-refractivity contribution is 6.37. The molecular formula is C14H22N3O5.